The van der Waals surface area contributed by atoms with Gasteiger partial charge in [-0.2, -0.15) is 10.5 Å². The largest absolute Gasteiger partial charge is 0.198 e. The van der Waals surface area contributed by atoms with E-state index in [-0.39, 0.29) is 0 Å². The van der Waals surface area contributed by atoms with Crippen molar-refractivity contribution in [1.82, 2.24) is 0 Å². The van der Waals surface area contributed by atoms with E-state index in [1.165, 1.54) is 11.8 Å². The average molecular weight is 252 g/mol. The van der Waals surface area contributed by atoms with Crippen molar-refractivity contribution in [2.45, 2.75) is 6.42 Å². The molecule has 0 aromatic rings. The van der Waals surface area contributed by atoms with E-state index >= 15 is 0 Å². The second-order valence-electron chi connectivity index (χ2n) is 1.46. The van der Waals surface area contributed by atoms with Crippen LogP contribution in [0.3, 0.4) is 0 Å². The zero-order valence-electron chi connectivity index (χ0n) is 5.47. The monoisotopic (exact) mass is 250 g/mol. The second-order valence-corrected chi connectivity index (χ2v) is 3.96. The van der Waals surface area contributed by atoms with Crippen LogP contribution in [0.25, 0.3) is 0 Å². The van der Waals surface area contributed by atoms with Crippen LogP contribution in [0, 0.1) is 22.7 Å². The molecule has 0 aliphatic rings. The Bertz CT molecular complexity index is 238. The number of thioether (sulfide) groups is 1. The van der Waals surface area contributed by atoms with E-state index < -0.39 is 0 Å². The average Bonchev–Trinajstić information content (AvgIpc) is 2.03. The highest BCUT2D eigenvalue weighted by Crippen LogP contribution is 2.27. The minimum atomic E-state index is 0.321. The molecule has 0 rings (SSSR count). The summed E-state index contributed by atoms with van der Waals surface area (Å²) >= 11 is 9.89. The van der Waals surface area contributed by atoms with Crippen molar-refractivity contribution in [3.05, 3.63) is 8.85 Å². The summed E-state index contributed by atoms with van der Waals surface area (Å²) in [6.07, 6.45) is 0.437. The van der Waals surface area contributed by atoms with Crippen LogP contribution in [0.4, 0.5) is 0 Å². The predicted molar refractivity (Wildman–Crippen MR) is 50.1 cm³/mol. The van der Waals surface area contributed by atoms with Gasteiger partial charge in [0.15, 0.2) is 0 Å². The Morgan fingerprint density at radius 3 is 2.64 bits per heavy atom. The molecule has 0 fully saturated rings. The Balaban J connectivity index is 3.81. The van der Waals surface area contributed by atoms with Crippen LogP contribution in [0.5, 0.6) is 0 Å². The van der Waals surface area contributed by atoms with Gasteiger partial charge in [0, 0.05) is 12.2 Å². The number of allylic oxidation sites excluding steroid dienone is 1. The standard InChI is InChI=1S/C6H4BrClN2S/c7-5(4-10)6(8)11-3-1-2-9/h1,3H2. The molecule has 0 atom stereocenters. The highest BCUT2D eigenvalue weighted by Gasteiger charge is 1.99. The van der Waals surface area contributed by atoms with Crippen molar-refractivity contribution in [3.63, 3.8) is 0 Å². The molecule has 0 spiro atoms. The summed E-state index contributed by atoms with van der Waals surface area (Å²) in [6.45, 7) is 0. The molecule has 11 heavy (non-hydrogen) atoms. The van der Waals surface area contributed by atoms with Crippen molar-refractivity contribution >= 4 is 39.3 Å². The first-order valence-corrected chi connectivity index (χ1v) is 4.83. The Morgan fingerprint density at radius 2 is 2.18 bits per heavy atom. The van der Waals surface area contributed by atoms with Crippen molar-refractivity contribution in [3.8, 4) is 12.1 Å². The highest BCUT2D eigenvalue weighted by atomic mass is 79.9. The van der Waals surface area contributed by atoms with Crippen LogP contribution >= 0.6 is 39.3 Å². The summed E-state index contributed by atoms with van der Waals surface area (Å²) < 4.78 is 0.727. The molecule has 0 heterocycles. The molecule has 0 aromatic carbocycles. The normalized spacial score (nSPS) is 11.3. The van der Waals surface area contributed by atoms with Gasteiger partial charge in [-0.3, -0.25) is 0 Å². The Hall–Kier alpha value is -0.160. The third kappa shape index (κ3) is 5.15. The molecular weight excluding hydrogens is 248 g/mol. The lowest BCUT2D eigenvalue weighted by Crippen LogP contribution is -1.75. The summed E-state index contributed by atoms with van der Waals surface area (Å²) in [5.74, 6) is 0.617. The van der Waals surface area contributed by atoms with Crippen molar-refractivity contribution in [2.24, 2.45) is 0 Å². The maximum absolute atomic E-state index is 8.34. The van der Waals surface area contributed by atoms with E-state index in [0.717, 1.165) is 0 Å². The molecule has 0 N–H and O–H groups in total. The molecular formula is C6H4BrClN2S. The fourth-order valence-corrected chi connectivity index (χ4v) is 1.46. The van der Waals surface area contributed by atoms with E-state index in [1.807, 2.05) is 12.1 Å². The number of nitriles is 2. The molecule has 0 amide bonds. The van der Waals surface area contributed by atoms with Crippen LogP contribution in [-0.2, 0) is 0 Å². The highest BCUT2D eigenvalue weighted by molar-refractivity contribution is 9.12. The van der Waals surface area contributed by atoms with E-state index in [0.29, 0.717) is 21.0 Å². The molecule has 5 heteroatoms. The van der Waals surface area contributed by atoms with Gasteiger partial charge in [-0.1, -0.05) is 11.6 Å². The Labute approximate surface area is 83.0 Å². The van der Waals surface area contributed by atoms with Gasteiger partial charge >= 0.3 is 0 Å². The van der Waals surface area contributed by atoms with Gasteiger partial charge < -0.3 is 0 Å². The first-order chi connectivity index (χ1) is 5.22. The molecule has 0 aliphatic carbocycles. The van der Waals surface area contributed by atoms with Gasteiger partial charge in [0.05, 0.1) is 10.4 Å². The lowest BCUT2D eigenvalue weighted by Gasteiger charge is -1.93. The van der Waals surface area contributed by atoms with E-state index in [2.05, 4.69) is 15.9 Å². The number of halogens is 2. The minimum absolute atomic E-state index is 0.321. The van der Waals surface area contributed by atoms with Crippen LogP contribution in [0.15, 0.2) is 8.85 Å². The molecule has 0 aliphatic heterocycles. The Morgan fingerprint density at radius 1 is 1.55 bits per heavy atom. The summed E-state index contributed by atoms with van der Waals surface area (Å²) in [4.78, 5) is 0. The molecule has 0 aromatic heterocycles. The number of rotatable bonds is 3. The van der Waals surface area contributed by atoms with Crippen molar-refractivity contribution < 1.29 is 0 Å². The molecule has 0 saturated carbocycles. The van der Waals surface area contributed by atoms with Gasteiger partial charge in [0.25, 0.3) is 0 Å². The smallest absolute Gasteiger partial charge is 0.120 e. The third-order valence-corrected chi connectivity index (χ3v) is 3.16. The zero-order valence-corrected chi connectivity index (χ0v) is 8.63. The van der Waals surface area contributed by atoms with Gasteiger partial charge in [-0.25, -0.2) is 0 Å². The van der Waals surface area contributed by atoms with Gasteiger partial charge in [0.2, 0.25) is 0 Å². The minimum Gasteiger partial charge on any atom is -0.198 e. The molecule has 0 radical (unpaired) electrons. The summed E-state index contributed by atoms with van der Waals surface area (Å²) in [5.41, 5.74) is 0. The van der Waals surface area contributed by atoms with Gasteiger partial charge in [-0.15, -0.1) is 11.8 Å². The third-order valence-electron chi connectivity index (χ3n) is 0.713. The van der Waals surface area contributed by atoms with Crippen LogP contribution in [0.1, 0.15) is 6.42 Å². The summed E-state index contributed by atoms with van der Waals surface area (Å²) in [7, 11) is 0. The van der Waals surface area contributed by atoms with Crippen molar-refractivity contribution in [2.75, 3.05) is 5.75 Å². The molecule has 0 unspecified atom stereocenters. The topological polar surface area (TPSA) is 47.6 Å². The number of hydrogen-bond donors (Lipinski definition) is 0. The lowest BCUT2D eigenvalue weighted by molar-refractivity contribution is 1.24. The summed E-state index contributed by atoms with van der Waals surface area (Å²) in [5, 5.41) is 16.5. The first kappa shape index (κ1) is 10.8. The quantitative estimate of drug-likeness (QED) is 0.572. The van der Waals surface area contributed by atoms with Crippen LogP contribution in [-0.4, -0.2) is 5.75 Å². The van der Waals surface area contributed by atoms with Gasteiger partial charge in [0.1, 0.15) is 10.6 Å². The summed E-state index contributed by atoms with van der Waals surface area (Å²) in [6, 6.07) is 3.83. The molecule has 0 bridgehead atoms. The Kier molecular flexibility index (Phi) is 6.45. The fraction of sp³-hybridized carbons (Fsp3) is 0.333. The van der Waals surface area contributed by atoms with E-state index in [4.69, 9.17) is 22.1 Å². The molecule has 58 valence electrons. The van der Waals surface area contributed by atoms with Gasteiger partial charge in [-0.05, 0) is 15.9 Å². The predicted octanol–water partition coefficient (Wildman–Crippen LogP) is 2.96. The fourth-order valence-electron chi connectivity index (χ4n) is 0.294. The SMILES string of the molecule is N#CCCSC(Cl)=C(Br)C#N. The van der Waals surface area contributed by atoms with E-state index in [9.17, 15) is 0 Å². The van der Waals surface area contributed by atoms with E-state index in [1.54, 1.807) is 0 Å². The first-order valence-electron chi connectivity index (χ1n) is 2.67. The number of nitrogens with zero attached hydrogens (tertiary/aromatic N) is 2. The van der Waals surface area contributed by atoms with Crippen molar-refractivity contribution in [1.29, 1.82) is 10.5 Å². The molecule has 0 saturated heterocycles. The zero-order chi connectivity index (χ0) is 8.69. The maximum Gasteiger partial charge on any atom is 0.120 e. The second kappa shape index (κ2) is 6.54. The van der Waals surface area contributed by atoms with Crippen LogP contribution < -0.4 is 0 Å². The maximum atomic E-state index is 8.34. The molecule has 2 nitrogen and oxygen atoms in total. The van der Waals surface area contributed by atoms with Crippen LogP contribution in [0.2, 0.25) is 0 Å². The lowest BCUT2D eigenvalue weighted by atomic mass is 10.6. The number of hydrogen-bond acceptors (Lipinski definition) is 3.